The van der Waals surface area contributed by atoms with Crippen LogP contribution in [0, 0.1) is 0 Å². The summed E-state index contributed by atoms with van der Waals surface area (Å²) in [6, 6.07) is 20.0. The zero-order chi connectivity index (χ0) is 20.9. The maximum atomic E-state index is 12.6. The third-order valence-corrected chi connectivity index (χ3v) is 4.15. The maximum absolute atomic E-state index is 12.6. The number of halogens is 3. The molecule has 0 saturated heterocycles. The lowest BCUT2D eigenvalue weighted by molar-refractivity contribution is -0.137. The molecule has 0 bridgehead atoms. The first-order valence-electron chi connectivity index (χ1n) is 8.76. The van der Waals surface area contributed by atoms with Crippen LogP contribution < -0.4 is 10.1 Å². The Morgan fingerprint density at radius 3 is 2.31 bits per heavy atom. The number of hydrogen-bond acceptors (Lipinski definition) is 3. The predicted octanol–water partition coefficient (Wildman–Crippen LogP) is 4.96. The molecule has 0 fully saturated rings. The van der Waals surface area contributed by atoms with Gasteiger partial charge in [-0.05, 0) is 35.4 Å². The average molecular weight is 401 g/mol. The van der Waals surface area contributed by atoms with Gasteiger partial charge in [-0.3, -0.25) is 4.79 Å². The molecule has 1 unspecified atom stereocenters. The molecule has 29 heavy (non-hydrogen) atoms. The van der Waals surface area contributed by atoms with Crippen molar-refractivity contribution in [3.05, 3.63) is 95.6 Å². The van der Waals surface area contributed by atoms with E-state index >= 15 is 0 Å². The number of carbonyl (C=O) groups is 1. The number of aliphatic hydroxyl groups excluding tert-OH is 1. The van der Waals surface area contributed by atoms with E-state index in [2.05, 4.69) is 5.32 Å². The molecule has 0 spiro atoms. The molecule has 150 valence electrons. The fourth-order valence-corrected chi connectivity index (χ4v) is 2.62. The number of hydrogen-bond donors (Lipinski definition) is 2. The molecule has 0 radical (unpaired) electrons. The standard InChI is InChI=1S/C22H18F3NO3/c23-22(24,25)17-11-9-16(10-12-17)20(27)21(28)26-18-7-4-8-19(13-18)29-14-15-5-2-1-3-6-15/h1-13,20,27H,14H2,(H,26,28). The molecule has 0 aliphatic carbocycles. The molecule has 0 aromatic heterocycles. The number of amides is 1. The monoisotopic (exact) mass is 401 g/mol. The van der Waals surface area contributed by atoms with Crippen LogP contribution in [0.25, 0.3) is 0 Å². The molecule has 3 aromatic rings. The first kappa shape index (κ1) is 20.4. The van der Waals surface area contributed by atoms with Gasteiger partial charge in [-0.2, -0.15) is 13.2 Å². The fraction of sp³-hybridized carbons (Fsp3) is 0.136. The maximum Gasteiger partial charge on any atom is 0.416 e. The van der Waals surface area contributed by atoms with Gasteiger partial charge >= 0.3 is 6.18 Å². The third-order valence-electron chi connectivity index (χ3n) is 4.15. The molecule has 3 rings (SSSR count). The van der Waals surface area contributed by atoms with Crippen LogP contribution in [0.3, 0.4) is 0 Å². The normalized spacial score (nSPS) is 12.3. The molecular weight excluding hydrogens is 383 g/mol. The van der Waals surface area contributed by atoms with Crippen LogP contribution in [0.15, 0.2) is 78.9 Å². The van der Waals surface area contributed by atoms with Gasteiger partial charge in [-0.15, -0.1) is 0 Å². The van der Waals surface area contributed by atoms with Gasteiger partial charge in [0.15, 0.2) is 6.10 Å². The Bertz CT molecular complexity index is 957. The van der Waals surface area contributed by atoms with Crippen molar-refractivity contribution in [2.24, 2.45) is 0 Å². The topological polar surface area (TPSA) is 58.6 Å². The Labute approximate surface area is 165 Å². The van der Waals surface area contributed by atoms with Gasteiger partial charge in [0.1, 0.15) is 12.4 Å². The summed E-state index contributed by atoms with van der Waals surface area (Å²) in [6.07, 6.45) is -6.09. The highest BCUT2D eigenvalue weighted by Gasteiger charge is 2.30. The number of alkyl halides is 3. The van der Waals surface area contributed by atoms with E-state index in [1.54, 1.807) is 24.3 Å². The van der Waals surface area contributed by atoms with Gasteiger partial charge in [-0.25, -0.2) is 0 Å². The molecule has 1 amide bonds. The van der Waals surface area contributed by atoms with Gasteiger partial charge in [-0.1, -0.05) is 48.5 Å². The lowest BCUT2D eigenvalue weighted by Crippen LogP contribution is -2.21. The van der Waals surface area contributed by atoms with Crippen LogP contribution >= 0.6 is 0 Å². The first-order chi connectivity index (χ1) is 13.8. The molecule has 1 atom stereocenters. The Hall–Kier alpha value is -3.32. The number of anilines is 1. The van der Waals surface area contributed by atoms with Gasteiger partial charge < -0.3 is 15.2 Å². The Morgan fingerprint density at radius 1 is 0.966 bits per heavy atom. The van der Waals surface area contributed by atoms with Crippen LogP contribution in [0.5, 0.6) is 5.75 Å². The largest absolute Gasteiger partial charge is 0.489 e. The Morgan fingerprint density at radius 2 is 1.66 bits per heavy atom. The number of benzene rings is 3. The summed E-state index contributed by atoms with van der Waals surface area (Å²) in [5, 5.41) is 12.7. The fourth-order valence-electron chi connectivity index (χ4n) is 2.62. The van der Waals surface area contributed by atoms with Crippen molar-refractivity contribution in [1.82, 2.24) is 0 Å². The van der Waals surface area contributed by atoms with Crippen LogP contribution in [0.1, 0.15) is 22.8 Å². The molecule has 0 aliphatic heterocycles. The van der Waals surface area contributed by atoms with Crippen molar-refractivity contribution in [3.63, 3.8) is 0 Å². The smallest absolute Gasteiger partial charge is 0.416 e. The van der Waals surface area contributed by atoms with Crippen molar-refractivity contribution < 1.29 is 27.8 Å². The van der Waals surface area contributed by atoms with Gasteiger partial charge in [0.05, 0.1) is 5.56 Å². The van der Waals surface area contributed by atoms with E-state index in [4.69, 9.17) is 4.74 Å². The highest BCUT2D eigenvalue weighted by molar-refractivity contribution is 5.94. The molecule has 0 heterocycles. The third kappa shape index (κ3) is 5.58. The number of ether oxygens (including phenoxy) is 1. The Balaban J connectivity index is 1.62. The Kier molecular flexibility index (Phi) is 6.19. The van der Waals surface area contributed by atoms with E-state index in [0.29, 0.717) is 18.0 Å². The number of aliphatic hydroxyl groups is 1. The number of nitrogens with one attached hydrogen (secondary N) is 1. The van der Waals surface area contributed by atoms with Crippen molar-refractivity contribution in [3.8, 4) is 5.75 Å². The van der Waals surface area contributed by atoms with Crippen LogP contribution in [-0.2, 0) is 17.6 Å². The SMILES string of the molecule is O=C(Nc1cccc(OCc2ccccc2)c1)C(O)c1ccc(C(F)(F)F)cc1. The van der Waals surface area contributed by atoms with E-state index in [9.17, 15) is 23.1 Å². The van der Waals surface area contributed by atoms with E-state index in [1.165, 1.54) is 0 Å². The molecular formula is C22H18F3NO3. The highest BCUT2D eigenvalue weighted by atomic mass is 19.4. The zero-order valence-electron chi connectivity index (χ0n) is 15.2. The van der Waals surface area contributed by atoms with Crippen LogP contribution in [0.4, 0.5) is 18.9 Å². The predicted molar refractivity (Wildman–Crippen MR) is 102 cm³/mol. The lowest BCUT2D eigenvalue weighted by atomic mass is 10.1. The number of rotatable bonds is 6. The van der Waals surface area contributed by atoms with Gasteiger partial charge in [0.25, 0.3) is 5.91 Å². The molecule has 3 aromatic carbocycles. The quantitative estimate of drug-likeness (QED) is 0.614. The van der Waals surface area contributed by atoms with Crippen molar-refractivity contribution in [1.29, 1.82) is 0 Å². The highest BCUT2D eigenvalue weighted by Crippen LogP contribution is 2.30. The minimum atomic E-state index is -4.48. The van der Waals surface area contributed by atoms with E-state index in [0.717, 1.165) is 29.8 Å². The van der Waals surface area contributed by atoms with Gasteiger partial charge in [0.2, 0.25) is 0 Å². The molecule has 4 nitrogen and oxygen atoms in total. The molecule has 2 N–H and O–H groups in total. The van der Waals surface area contributed by atoms with E-state index in [1.807, 2.05) is 30.3 Å². The van der Waals surface area contributed by atoms with Crippen LogP contribution in [0.2, 0.25) is 0 Å². The lowest BCUT2D eigenvalue weighted by Gasteiger charge is -2.14. The summed E-state index contributed by atoms with van der Waals surface area (Å²) < 4.78 is 43.6. The second-order valence-electron chi connectivity index (χ2n) is 6.31. The van der Waals surface area contributed by atoms with Crippen LogP contribution in [-0.4, -0.2) is 11.0 Å². The van der Waals surface area contributed by atoms with Crippen molar-refractivity contribution >= 4 is 11.6 Å². The van der Waals surface area contributed by atoms with E-state index in [-0.39, 0.29) is 5.56 Å². The van der Waals surface area contributed by atoms with E-state index < -0.39 is 23.8 Å². The minimum absolute atomic E-state index is 0.0620. The summed E-state index contributed by atoms with van der Waals surface area (Å²) in [4.78, 5) is 12.3. The van der Waals surface area contributed by atoms with Gasteiger partial charge in [0, 0.05) is 11.8 Å². The van der Waals surface area contributed by atoms with Crippen molar-refractivity contribution in [2.45, 2.75) is 18.9 Å². The summed E-state index contributed by atoms with van der Waals surface area (Å²) >= 11 is 0. The zero-order valence-corrected chi connectivity index (χ0v) is 15.2. The summed E-state index contributed by atoms with van der Waals surface area (Å²) in [7, 11) is 0. The molecule has 7 heteroatoms. The minimum Gasteiger partial charge on any atom is -0.489 e. The number of carbonyl (C=O) groups excluding carboxylic acids is 1. The second kappa shape index (κ2) is 8.79. The summed E-state index contributed by atoms with van der Waals surface area (Å²) in [5.74, 6) is -0.236. The average Bonchev–Trinajstić information content (AvgIpc) is 2.72. The van der Waals surface area contributed by atoms with Crippen molar-refractivity contribution in [2.75, 3.05) is 5.32 Å². The summed E-state index contributed by atoms with van der Waals surface area (Å²) in [5.41, 5.74) is 0.593. The first-order valence-corrected chi connectivity index (χ1v) is 8.76. The molecule has 0 saturated carbocycles. The second-order valence-corrected chi connectivity index (χ2v) is 6.31. The molecule has 0 aliphatic rings. The summed E-state index contributed by atoms with van der Waals surface area (Å²) in [6.45, 7) is 0.354.